The molecular weight excluding hydrogens is 238 g/mol. The Kier molecular flexibility index (Phi) is 2.78. The monoisotopic (exact) mass is 257 g/mol. The van der Waals surface area contributed by atoms with E-state index in [-0.39, 0.29) is 23.0 Å². The van der Waals surface area contributed by atoms with E-state index in [1.807, 2.05) is 0 Å². The minimum atomic E-state index is -2.91. The molecule has 4 aliphatic rings. The molecule has 3 saturated heterocycles. The summed E-state index contributed by atoms with van der Waals surface area (Å²) in [5.74, 6) is 0.722. The number of Topliss-reactive ketones (excluding diaryl/α,β-unsaturated/α-hetero) is 1. The first-order chi connectivity index (χ1) is 8.08. The third kappa shape index (κ3) is 2.15. The molecule has 4 fully saturated rings. The number of piperidine rings is 3. The number of hydrogen-bond donors (Lipinski definition) is 0. The first kappa shape index (κ1) is 11.7. The van der Waals surface area contributed by atoms with Crippen molar-refractivity contribution in [1.82, 2.24) is 4.90 Å². The van der Waals surface area contributed by atoms with Crippen LogP contribution in [-0.4, -0.2) is 49.2 Å². The van der Waals surface area contributed by atoms with Crippen molar-refractivity contribution in [3.8, 4) is 0 Å². The van der Waals surface area contributed by atoms with Crippen molar-refractivity contribution in [3.63, 3.8) is 0 Å². The number of ketones is 1. The standard InChI is InChI=1S/C12H19NO3S/c14-12-9-3-6-13(7-4-9)11(12)5-8-17(15,16)10-1-2-10/h9-11H,1-8H2. The molecule has 0 aromatic rings. The highest BCUT2D eigenvalue weighted by atomic mass is 32.2. The van der Waals surface area contributed by atoms with Gasteiger partial charge in [0.05, 0.1) is 17.0 Å². The van der Waals surface area contributed by atoms with Gasteiger partial charge in [-0.3, -0.25) is 9.69 Å². The van der Waals surface area contributed by atoms with Gasteiger partial charge in [0.2, 0.25) is 0 Å². The number of sulfone groups is 1. The molecule has 5 heteroatoms. The lowest BCUT2D eigenvalue weighted by atomic mass is 9.81. The fraction of sp³-hybridized carbons (Fsp3) is 0.917. The van der Waals surface area contributed by atoms with Gasteiger partial charge in [0.25, 0.3) is 0 Å². The molecule has 1 atom stereocenters. The van der Waals surface area contributed by atoms with E-state index in [4.69, 9.17) is 0 Å². The maximum atomic E-state index is 12.1. The van der Waals surface area contributed by atoms with Gasteiger partial charge in [-0.2, -0.15) is 0 Å². The average molecular weight is 257 g/mol. The van der Waals surface area contributed by atoms with E-state index in [1.54, 1.807) is 0 Å². The molecule has 17 heavy (non-hydrogen) atoms. The third-order valence-corrected chi connectivity index (χ3v) is 6.70. The van der Waals surface area contributed by atoms with Crippen LogP contribution in [0.3, 0.4) is 0 Å². The molecule has 2 bridgehead atoms. The van der Waals surface area contributed by atoms with Crippen LogP contribution in [-0.2, 0) is 14.6 Å². The van der Waals surface area contributed by atoms with Crippen LogP contribution in [0.15, 0.2) is 0 Å². The van der Waals surface area contributed by atoms with Crippen LogP contribution in [0.25, 0.3) is 0 Å². The van der Waals surface area contributed by atoms with Crippen molar-refractivity contribution in [2.75, 3.05) is 18.8 Å². The van der Waals surface area contributed by atoms with E-state index >= 15 is 0 Å². The maximum absolute atomic E-state index is 12.1. The quantitative estimate of drug-likeness (QED) is 0.741. The zero-order valence-corrected chi connectivity index (χ0v) is 10.8. The largest absolute Gasteiger partial charge is 0.298 e. The topological polar surface area (TPSA) is 54.5 Å². The predicted molar refractivity (Wildman–Crippen MR) is 64.5 cm³/mol. The van der Waals surface area contributed by atoms with Crippen molar-refractivity contribution < 1.29 is 13.2 Å². The van der Waals surface area contributed by atoms with Crippen molar-refractivity contribution in [3.05, 3.63) is 0 Å². The van der Waals surface area contributed by atoms with Gasteiger partial charge in [0.15, 0.2) is 15.6 Å². The first-order valence-electron chi connectivity index (χ1n) is 6.57. The summed E-state index contributed by atoms with van der Waals surface area (Å²) in [5, 5.41) is -0.0895. The Morgan fingerprint density at radius 2 is 1.76 bits per heavy atom. The molecule has 1 saturated carbocycles. The lowest BCUT2D eigenvalue weighted by Crippen LogP contribution is -2.55. The zero-order chi connectivity index (χ0) is 12.0. The highest BCUT2D eigenvalue weighted by Gasteiger charge is 2.42. The van der Waals surface area contributed by atoms with E-state index < -0.39 is 9.84 Å². The second kappa shape index (κ2) is 4.05. The number of hydrogen-bond acceptors (Lipinski definition) is 4. The Morgan fingerprint density at radius 3 is 2.29 bits per heavy atom. The summed E-state index contributed by atoms with van der Waals surface area (Å²) in [6.45, 7) is 1.95. The highest BCUT2D eigenvalue weighted by molar-refractivity contribution is 7.92. The summed E-state index contributed by atoms with van der Waals surface area (Å²) < 4.78 is 23.6. The second-order valence-corrected chi connectivity index (χ2v) is 7.98. The molecule has 1 aliphatic carbocycles. The van der Waals surface area contributed by atoms with Crippen molar-refractivity contribution in [1.29, 1.82) is 0 Å². The van der Waals surface area contributed by atoms with Gasteiger partial charge in [0.1, 0.15) is 0 Å². The molecule has 4 rings (SSSR count). The van der Waals surface area contributed by atoms with Crippen LogP contribution < -0.4 is 0 Å². The van der Waals surface area contributed by atoms with Gasteiger partial charge < -0.3 is 0 Å². The van der Waals surface area contributed by atoms with Gasteiger partial charge in [-0.25, -0.2) is 8.42 Å². The van der Waals surface area contributed by atoms with E-state index in [0.29, 0.717) is 12.2 Å². The molecule has 0 N–H and O–H groups in total. The molecule has 96 valence electrons. The lowest BCUT2D eigenvalue weighted by Gasteiger charge is -2.44. The van der Waals surface area contributed by atoms with Gasteiger partial charge in [-0.05, 0) is 45.2 Å². The molecule has 0 spiro atoms. The third-order valence-electron chi connectivity index (χ3n) is 4.41. The minimum absolute atomic E-state index is 0.0895. The Bertz CT molecular complexity index is 419. The van der Waals surface area contributed by atoms with Crippen molar-refractivity contribution >= 4 is 15.6 Å². The molecule has 0 aromatic carbocycles. The van der Waals surface area contributed by atoms with Gasteiger partial charge >= 0.3 is 0 Å². The summed E-state index contributed by atoms with van der Waals surface area (Å²) in [7, 11) is -2.91. The normalized spacial score (nSPS) is 37.4. The maximum Gasteiger partial charge on any atom is 0.153 e. The van der Waals surface area contributed by atoms with Gasteiger partial charge in [-0.15, -0.1) is 0 Å². The molecular formula is C12H19NO3S. The average Bonchev–Trinajstić information content (AvgIpc) is 3.13. The number of carbonyl (C=O) groups excluding carboxylic acids is 1. The van der Waals surface area contributed by atoms with E-state index in [2.05, 4.69) is 4.90 Å². The summed E-state index contributed by atoms with van der Waals surface area (Å²) >= 11 is 0. The summed E-state index contributed by atoms with van der Waals surface area (Å²) in [5.41, 5.74) is 0. The molecule has 3 aliphatic heterocycles. The highest BCUT2D eigenvalue weighted by Crippen LogP contribution is 2.33. The molecule has 1 unspecified atom stereocenters. The van der Waals surface area contributed by atoms with Crippen molar-refractivity contribution in [2.24, 2.45) is 5.92 Å². The van der Waals surface area contributed by atoms with Crippen LogP contribution in [0, 0.1) is 5.92 Å². The van der Waals surface area contributed by atoms with Crippen LogP contribution >= 0.6 is 0 Å². The molecule has 0 aromatic heterocycles. The zero-order valence-electron chi connectivity index (χ0n) is 9.97. The van der Waals surface area contributed by atoms with Crippen molar-refractivity contribution in [2.45, 2.75) is 43.4 Å². The Hall–Kier alpha value is -0.420. The van der Waals surface area contributed by atoms with E-state index in [9.17, 15) is 13.2 Å². The Balaban J connectivity index is 1.63. The SMILES string of the molecule is O=C1C2CCN(CC2)C1CCS(=O)(=O)C1CC1. The second-order valence-electron chi connectivity index (χ2n) is 5.58. The first-order valence-corrected chi connectivity index (χ1v) is 8.29. The van der Waals surface area contributed by atoms with E-state index in [1.165, 1.54) is 0 Å². The fourth-order valence-electron chi connectivity index (χ4n) is 3.14. The van der Waals surface area contributed by atoms with Gasteiger partial charge in [0, 0.05) is 5.92 Å². The molecule has 0 amide bonds. The smallest absolute Gasteiger partial charge is 0.153 e. The summed E-state index contributed by atoms with van der Waals surface area (Å²) in [6.07, 6.45) is 4.13. The minimum Gasteiger partial charge on any atom is -0.298 e. The number of carbonyl (C=O) groups is 1. The number of rotatable bonds is 4. The Morgan fingerprint density at radius 1 is 1.12 bits per heavy atom. The molecule has 3 heterocycles. The van der Waals surface area contributed by atoms with Gasteiger partial charge in [-0.1, -0.05) is 0 Å². The predicted octanol–water partition coefficient (Wildman–Crippen LogP) is 0.617. The van der Waals surface area contributed by atoms with Crippen LogP contribution in [0.5, 0.6) is 0 Å². The fourth-order valence-corrected chi connectivity index (χ4v) is 4.88. The molecule has 0 radical (unpaired) electrons. The van der Waals surface area contributed by atoms with Crippen LogP contribution in [0.1, 0.15) is 32.1 Å². The van der Waals surface area contributed by atoms with Crippen LogP contribution in [0.2, 0.25) is 0 Å². The number of nitrogens with zero attached hydrogens (tertiary/aromatic N) is 1. The number of fused-ring (bicyclic) bond motifs is 3. The van der Waals surface area contributed by atoms with E-state index in [0.717, 1.165) is 38.8 Å². The lowest BCUT2D eigenvalue weighted by molar-refractivity contribution is -0.136. The Labute approximate surface area is 102 Å². The summed E-state index contributed by atoms with van der Waals surface area (Å²) in [4.78, 5) is 14.2. The van der Waals surface area contributed by atoms with Crippen LogP contribution in [0.4, 0.5) is 0 Å². The summed E-state index contributed by atoms with van der Waals surface area (Å²) in [6, 6.07) is -0.101. The molecule has 4 nitrogen and oxygen atoms in total.